The van der Waals surface area contributed by atoms with Crippen LogP contribution in [0.15, 0.2) is 36.7 Å². The van der Waals surface area contributed by atoms with Crippen LogP contribution in [0.3, 0.4) is 0 Å². The summed E-state index contributed by atoms with van der Waals surface area (Å²) in [6.07, 6.45) is 5.19. The molecule has 0 spiro atoms. The van der Waals surface area contributed by atoms with E-state index < -0.39 is 23.4 Å². The lowest BCUT2D eigenvalue weighted by Crippen LogP contribution is -2.10. The minimum Gasteiger partial charge on any atom is -0.486 e. The van der Waals surface area contributed by atoms with Crippen molar-refractivity contribution in [1.82, 2.24) is 9.78 Å². The lowest BCUT2D eigenvalue weighted by atomic mass is 10.2. The Labute approximate surface area is 119 Å². The Balaban J connectivity index is 2.04. The zero-order chi connectivity index (χ0) is 15.2. The summed E-state index contributed by atoms with van der Waals surface area (Å²) in [6, 6.07) is 3.74. The molecule has 0 bridgehead atoms. The third kappa shape index (κ3) is 4.13. The fourth-order valence-electron chi connectivity index (χ4n) is 1.66. The third-order valence-electron chi connectivity index (χ3n) is 2.56. The Morgan fingerprint density at radius 2 is 2.10 bits per heavy atom. The first-order valence-corrected chi connectivity index (χ1v) is 6.06. The topological polar surface area (TPSA) is 64.3 Å². The average Bonchev–Trinajstić information content (AvgIpc) is 2.92. The molecule has 0 aliphatic heterocycles. The molecule has 110 valence electrons. The molecule has 0 fully saturated rings. The molecule has 1 heterocycles. The summed E-state index contributed by atoms with van der Waals surface area (Å²) in [6.45, 7) is 0.409. The molecule has 2 rings (SSSR count). The Bertz CT molecular complexity index is 631. The number of nitrogens with zero attached hydrogens (tertiary/aromatic N) is 2. The van der Waals surface area contributed by atoms with Crippen molar-refractivity contribution in [3.05, 3.63) is 53.9 Å². The van der Waals surface area contributed by atoms with Gasteiger partial charge in [-0.15, -0.1) is 0 Å². The Hall–Kier alpha value is -2.70. The first-order valence-electron chi connectivity index (χ1n) is 6.06. The SMILES string of the molecule is O=C(O)C=Cc1cc(F)c(OCCn2cccn2)c(F)c1. The number of benzene rings is 1. The number of rotatable bonds is 6. The van der Waals surface area contributed by atoms with E-state index in [2.05, 4.69) is 5.10 Å². The van der Waals surface area contributed by atoms with Crippen molar-refractivity contribution in [3.63, 3.8) is 0 Å². The van der Waals surface area contributed by atoms with Crippen molar-refractivity contribution in [1.29, 1.82) is 0 Å². The number of aliphatic carboxylic acids is 1. The van der Waals surface area contributed by atoms with Crippen LogP contribution in [0.1, 0.15) is 5.56 Å². The second-order valence-corrected chi connectivity index (χ2v) is 4.10. The maximum Gasteiger partial charge on any atom is 0.328 e. The molecule has 7 heteroatoms. The van der Waals surface area contributed by atoms with Gasteiger partial charge in [0.25, 0.3) is 0 Å². The predicted molar refractivity (Wildman–Crippen MR) is 70.7 cm³/mol. The highest BCUT2D eigenvalue weighted by Gasteiger charge is 2.12. The molecule has 0 aliphatic carbocycles. The molecular formula is C14H12F2N2O3. The molecular weight excluding hydrogens is 282 g/mol. The van der Waals surface area contributed by atoms with Crippen LogP contribution in [0.4, 0.5) is 8.78 Å². The van der Waals surface area contributed by atoms with E-state index in [4.69, 9.17) is 9.84 Å². The summed E-state index contributed by atoms with van der Waals surface area (Å²) < 4.78 is 34.1. The van der Waals surface area contributed by atoms with E-state index in [9.17, 15) is 13.6 Å². The smallest absolute Gasteiger partial charge is 0.328 e. The summed E-state index contributed by atoms with van der Waals surface area (Å²) in [5, 5.41) is 12.4. The number of hydrogen-bond donors (Lipinski definition) is 1. The third-order valence-corrected chi connectivity index (χ3v) is 2.56. The number of carboxylic acid groups (broad SMARTS) is 1. The van der Waals surface area contributed by atoms with Crippen LogP contribution in [0, 0.1) is 11.6 Å². The highest BCUT2D eigenvalue weighted by molar-refractivity contribution is 5.85. The highest BCUT2D eigenvalue weighted by atomic mass is 19.1. The summed E-state index contributed by atoms with van der Waals surface area (Å²) >= 11 is 0. The van der Waals surface area contributed by atoms with Gasteiger partial charge in [0.15, 0.2) is 17.4 Å². The van der Waals surface area contributed by atoms with Gasteiger partial charge in [-0.3, -0.25) is 4.68 Å². The van der Waals surface area contributed by atoms with Crippen LogP contribution < -0.4 is 4.74 Å². The van der Waals surface area contributed by atoms with Crippen LogP contribution in [0.2, 0.25) is 0 Å². The molecule has 1 aromatic carbocycles. The largest absolute Gasteiger partial charge is 0.486 e. The number of hydrogen-bond acceptors (Lipinski definition) is 3. The molecule has 0 aliphatic rings. The molecule has 0 saturated carbocycles. The lowest BCUT2D eigenvalue weighted by molar-refractivity contribution is -0.131. The second-order valence-electron chi connectivity index (χ2n) is 4.10. The van der Waals surface area contributed by atoms with Gasteiger partial charge in [-0.2, -0.15) is 5.10 Å². The van der Waals surface area contributed by atoms with E-state index in [1.54, 1.807) is 23.1 Å². The van der Waals surface area contributed by atoms with Gasteiger partial charge in [0, 0.05) is 18.5 Å². The molecule has 0 saturated heterocycles. The van der Waals surface area contributed by atoms with Gasteiger partial charge in [-0.05, 0) is 29.8 Å². The van der Waals surface area contributed by atoms with Crippen LogP contribution in [-0.4, -0.2) is 27.5 Å². The van der Waals surface area contributed by atoms with Crippen molar-refractivity contribution in [3.8, 4) is 5.75 Å². The summed E-state index contributed by atoms with van der Waals surface area (Å²) in [4.78, 5) is 10.4. The van der Waals surface area contributed by atoms with Crippen molar-refractivity contribution >= 4 is 12.0 Å². The molecule has 1 N–H and O–H groups in total. The number of aromatic nitrogens is 2. The van der Waals surface area contributed by atoms with Crippen molar-refractivity contribution in [2.24, 2.45) is 0 Å². The molecule has 0 radical (unpaired) electrons. The first kappa shape index (κ1) is 14.7. The molecule has 5 nitrogen and oxygen atoms in total. The Morgan fingerprint density at radius 3 is 2.67 bits per heavy atom. The van der Waals surface area contributed by atoms with Gasteiger partial charge in [0.2, 0.25) is 0 Å². The molecule has 2 aromatic rings. The number of ether oxygens (including phenoxy) is 1. The fraction of sp³-hybridized carbons (Fsp3) is 0.143. The number of carboxylic acids is 1. The van der Waals surface area contributed by atoms with Gasteiger partial charge in [0.1, 0.15) is 6.61 Å². The minimum absolute atomic E-state index is 0.0554. The van der Waals surface area contributed by atoms with E-state index >= 15 is 0 Å². The minimum atomic E-state index is -1.20. The second kappa shape index (κ2) is 6.65. The monoisotopic (exact) mass is 294 g/mol. The summed E-state index contributed by atoms with van der Waals surface area (Å²) in [7, 11) is 0. The van der Waals surface area contributed by atoms with Crippen LogP contribution in [0.5, 0.6) is 5.75 Å². The van der Waals surface area contributed by atoms with Gasteiger partial charge in [-0.25, -0.2) is 13.6 Å². The number of halogens is 2. The quantitative estimate of drug-likeness (QED) is 0.831. The van der Waals surface area contributed by atoms with Crippen LogP contribution in [0.25, 0.3) is 6.08 Å². The van der Waals surface area contributed by atoms with E-state index in [1.807, 2.05) is 0 Å². The van der Waals surface area contributed by atoms with Crippen LogP contribution >= 0.6 is 0 Å². The summed E-state index contributed by atoms with van der Waals surface area (Å²) in [5.74, 6) is -3.47. The van der Waals surface area contributed by atoms with Gasteiger partial charge in [-0.1, -0.05) is 0 Å². The zero-order valence-corrected chi connectivity index (χ0v) is 10.9. The highest BCUT2D eigenvalue weighted by Crippen LogP contribution is 2.24. The maximum absolute atomic E-state index is 13.7. The predicted octanol–water partition coefficient (Wildman–Crippen LogP) is 2.34. The summed E-state index contributed by atoms with van der Waals surface area (Å²) in [5.41, 5.74) is 0.104. The molecule has 0 atom stereocenters. The zero-order valence-electron chi connectivity index (χ0n) is 10.9. The van der Waals surface area contributed by atoms with E-state index in [1.165, 1.54) is 0 Å². The van der Waals surface area contributed by atoms with E-state index in [-0.39, 0.29) is 12.2 Å². The van der Waals surface area contributed by atoms with Gasteiger partial charge in [0.05, 0.1) is 6.54 Å². The Morgan fingerprint density at radius 1 is 1.38 bits per heavy atom. The molecule has 0 unspecified atom stereocenters. The van der Waals surface area contributed by atoms with Gasteiger partial charge >= 0.3 is 5.97 Å². The van der Waals surface area contributed by atoms with Crippen molar-refractivity contribution < 1.29 is 23.4 Å². The van der Waals surface area contributed by atoms with Crippen molar-refractivity contribution in [2.45, 2.75) is 6.54 Å². The van der Waals surface area contributed by atoms with Crippen LogP contribution in [-0.2, 0) is 11.3 Å². The molecule has 1 aromatic heterocycles. The van der Waals surface area contributed by atoms with E-state index in [0.717, 1.165) is 24.3 Å². The normalized spacial score (nSPS) is 11.0. The standard InChI is InChI=1S/C14H12F2N2O3/c15-11-8-10(2-3-13(19)20)9-12(16)14(11)21-7-6-18-5-1-4-17-18/h1-5,8-9H,6-7H2,(H,19,20). The fourth-order valence-corrected chi connectivity index (χ4v) is 1.66. The van der Waals surface area contributed by atoms with Gasteiger partial charge < -0.3 is 9.84 Å². The van der Waals surface area contributed by atoms with E-state index in [0.29, 0.717) is 6.54 Å². The Kier molecular flexibility index (Phi) is 4.65. The number of carbonyl (C=O) groups is 1. The average molecular weight is 294 g/mol. The molecule has 0 amide bonds. The molecule has 21 heavy (non-hydrogen) atoms. The first-order chi connectivity index (χ1) is 10.1. The lowest BCUT2D eigenvalue weighted by Gasteiger charge is -2.09. The van der Waals surface area contributed by atoms with Crippen molar-refractivity contribution in [2.75, 3.05) is 6.61 Å². The maximum atomic E-state index is 13.7.